The highest BCUT2D eigenvalue weighted by molar-refractivity contribution is 8.18. The van der Waals surface area contributed by atoms with Gasteiger partial charge in [-0.15, -0.1) is 34.9 Å². The fourth-order valence-electron chi connectivity index (χ4n) is 3.28. The quantitative estimate of drug-likeness (QED) is 0.462. The lowest BCUT2D eigenvalue weighted by Crippen LogP contribution is -2.38. The number of thiol groups is 1. The zero-order valence-electron chi connectivity index (χ0n) is 16.2. The van der Waals surface area contributed by atoms with Gasteiger partial charge < -0.3 is 14.2 Å². The van der Waals surface area contributed by atoms with E-state index in [2.05, 4.69) is 12.6 Å². The molecule has 3 rings (SSSR count). The number of rotatable bonds is 6. The first-order valence-corrected chi connectivity index (χ1v) is 11.9. The van der Waals surface area contributed by atoms with Gasteiger partial charge in [-0.05, 0) is 30.9 Å². The van der Waals surface area contributed by atoms with Gasteiger partial charge in [0.2, 0.25) is 0 Å². The van der Waals surface area contributed by atoms with Crippen molar-refractivity contribution < 1.29 is 23.4 Å². The minimum Gasteiger partial charge on any atom is -0.493 e. The van der Waals surface area contributed by atoms with Gasteiger partial charge in [-0.3, -0.25) is 4.79 Å². The number of halogens is 1. The van der Waals surface area contributed by atoms with E-state index in [1.807, 2.05) is 6.07 Å². The topological polar surface area (TPSA) is 44.8 Å². The van der Waals surface area contributed by atoms with E-state index in [-0.39, 0.29) is 15.8 Å². The molecule has 1 aliphatic heterocycles. The standard InChI is InChI=1S/C19H23FO4S4/c1-18(25,17(21)24-4)10-19(26-6-5-7-27-19)14-8-11-13(28-14)9-12(22-2)16(23-3)15(11)20/h8-9,25H,5-7,10H2,1-4H3. The summed E-state index contributed by atoms with van der Waals surface area (Å²) in [6.07, 6.45) is 1.58. The third-order valence-electron chi connectivity index (χ3n) is 4.64. The second-order valence-electron chi connectivity index (χ2n) is 6.69. The molecule has 0 radical (unpaired) electrons. The third-order valence-corrected chi connectivity index (χ3v) is 9.84. The van der Waals surface area contributed by atoms with E-state index in [9.17, 15) is 4.79 Å². The molecule has 1 saturated heterocycles. The Bertz CT molecular complexity index is 874. The molecule has 1 fully saturated rings. The first kappa shape index (κ1) is 21.9. The van der Waals surface area contributed by atoms with Gasteiger partial charge in [0.25, 0.3) is 0 Å². The molecule has 0 N–H and O–H groups in total. The normalized spacial score (nSPS) is 18.5. The Morgan fingerprint density at radius 3 is 2.50 bits per heavy atom. The van der Waals surface area contributed by atoms with Gasteiger partial charge in [-0.25, -0.2) is 4.39 Å². The minimum absolute atomic E-state index is 0.103. The molecule has 1 unspecified atom stereocenters. The molecule has 0 aliphatic carbocycles. The van der Waals surface area contributed by atoms with Crippen LogP contribution in [0.1, 0.15) is 24.6 Å². The average Bonchev–Trinajstić information content (AvgIpc) is 3.12. The van der Waals surface area contributed by atoms with Crippen molar-refractivity contribution in [2.45, 2.75) is 28.6 Å². The van der Waals surface area contributed by atoms with Crippen LogP contribution in [0, 0.1) is 5.82 Å². The molecule has 2 heterocycles. The summed E-state index contributed by atoms with van der Waals surface area (Å²) < 4.78 is 29.9. The van der Waals surface area contributed by atoms with Crippen molar-refractivity contribution in [1.82, 2.24) is 0 Å². The van der Waals surface area contributed by atoms with Crippen LogP contribution in [0.15, 0.2) is 12.1 Å². The number of thiophene rings is 1. The van der Waals surface area contributed by atoms with Crippen molar-refractivity contribution in [2.24, 2.45) is 0 Å². The van der Waals surface area contributed by atoms with E-state index < -0.39 is 10.6 Å². The van der Waals surface area contributed by atoms with E-state index in [0.29, 0.717) is 17.6 Å². The van der Waals surface area contributed by atoms with Crippen LogP contribution in [0.5, 0.6) is 11.5 Å². The van der Waals surface area contributed by atoms with Crippen LogP contribution in [-0.2, 0) is 13.6 Å². The number of benzene rings is 1. The van der Waals surface area contributed by atoms with Crippen LogP contribution >= 0.6 is 47.5 Å². The van der Waals surface area contributed by atoms with E-state index in [1.165, 1.54) is 32.7 Å². The fraction of sp³-hybridized carbons (Fsp3) is 0.526. The number of thioether (sulfide) groups is 2. The molecule has 0 spiro atoms. The van der Waals surface area contributed by atoms with Crippen LogP contribution < -0.4 is 9.47 Å². The van der Waals surface area contributed by atoms with Gasteiger partial charge in [0.15, 0.2) is 17.3 Å². The van der Waals surface area contributed by atoms with Crippen molar-refractivity contribution in [1.29, 1.82) is 0 Å². The lowest BCUT2D eigenvalue weighted by atomic mass is 10.0. The molecule has 4 nitrogen and oxygen atoms in total. The Hall–Kier alpha value is -0.770. The molecule has 1 aliphatic rings. The first-order chi connectivity index (χ1) is 13.3. The van der Waals surface area contributed by atoms with Crippen molar-refractivity contribution >= 4 is 63.5 Å². The highest BCUT2D eigenvalue weighted by atomic mass is 32.2. The second kappa shape index (κ2) is 8.53. The van der Waals surface area contributed by atoms with Crippen LogP contribution in [0.25, 0.3) is 10.1 Å². The molecule has 9 heteroatoms. The smallest absolute Gasteiger partial charge is 0.321 e. The maximum Gasteiger partial charge on any atom is 0.321 e. The second-order valence-corrected chi connectivity index (χ2v) is 11.8. The van der Waals surface area contributed by atoms with Gasteiger partial charge in [-0.2, -0.15) is 12.6 Å². The van der Waals surface area contributed by atoms with Crippen molar-refractivity contribution in [2.75, 3.05) is 32.8 Å². The predicted molar refractivity (Wildman–Crippen MR) is 120 cm³/mol. The van der Waals surface area contributed by atoms with E-state index in [0.717, 1.165) is 27.5 Å². The molecule has 0 bridgehead atoms. The minimum atomic E-state index is -0.948. The molecule has 0 amide bonds. The summed E-state index contributed by atoms with van der Waals surface area (Å²) in [6, 6.07) is 3.68. The number of fused-ring (bicyclic) bond motifs is 1. The fourth-order valence-corrected chi connectivity index (χ4v) is 8.93. The summed E-state index contributed by atoms with van der Waals surface area (Å²) in [5.74, 6) is 1.63. The van der Waals surface area contributed by atoms with Gasteiger partial charge in [0.05, 0.1) is 25.4 Å². The molecule has 154 valence electrons. The molecule has 1 aromatic heterocycles. The Morgan fingerprint density at radius 2 is 1.93 bits per heavy atom. The maximum atomic E-state index is 15.0. The third kappa shape index (κ3) is 3.95. The summed E-state index contributed by atoms with van der Waals surface area (Å²) in [5, 5.41) is 0.503. The zero-order valence-corrected chi connectivity index (χ0v) is 19.5. The number of ether oxygens (including phenoxy) is 3. The molecule has 1 atom stereocenters. The molecule has 1 aromatic carbocycles. The molecule has 28 heavy (non-hydrogen) atoms. The van der Waals surface area contributed by atoms with Crippen LogP contribution in [0.2, 0.25) is 0 Å². The molecule has 0 saturated carbocycles. The highest BCUT2D eigenvalue weighted by Gasteiger charge is 2.46. The van der Waals surface area contributed by atoms with Gasteiger partial charge in [0, 0.05) is 27.5 Å². The van der Waals surface area contributed by atoms with Crippen molar-refractivity contribution in [3.05, 3.63) is 22.8 Å². The summed E-state index contributed by atoms with van der Waals surface area (Å²) in [4.78, 5) is 13.3. The van der Waals surface area contributed by atoms with Gasteiger partial charge >= 0.3 is 5.97 Å². The monoisotopic (exact) mass is 462 g/mol. The predicted octanol–water partition coefficient (Wildman–Crippen LogP) is 5.33. The zero-order chi connectivity index (χ0) is 20.5. The van der Waals surface area contributed by atoms with E-state index in [4.69, 9.17) is 14.2 Å². The lowest BCUT2D eigenvalue weighted by molar-refractivity contribution is -0.143. The van der Waals surface area contributed by atoms with E-state index >= 15 is 4.39 Å². The number of carbonyl (C=O) groups excluding carboxylic acids is 1. The number of hydrogen-bond donors (Lipinski definition) is 1. The number of esters is 1. The molecular weight excluding hydrogens is 439 g/mol. The number of methoxy groups -OCH3 is 3. The Balaban J connectivity index is 2.12. The van der Waals surface area contributed by atoms with Crippen LogP contribution in [-0.4, -0.2) is 43.6 Å². The number of hydrogen-bond acceptors (Lipinski definition) is 8. The summed E-state index contributed by atoms with van der Waals surface area (Å²) in [6.45, 7) is 1.78. The maximum absolute atomic E-state index is 15.0. The van der Waals surface area contributed by atoms with Crippen molar-refractivity contribution in [3.8, 4) is 11.5 Å². The molecule has 2 aromatic rings. The van der Waals surface area contributed by atoms with Gasteiger partial charge in [0.1, 0.15) is 4.75 Å². The largest absolute Gasteiger partial charge is 0.493 e. The van der Waals surface area contributed by atoms with Crippen LogP contribution in [0.4, 0.5) is 4.39 Å². The van der Waals surface area contributed by atoms with Crippen molar-refractivity contribution in [3.63, 3.8) is 0 Å². The summed E-state index contributed by atoms with van der Waals surface area (Å²) in [7, 11) is 4.30. The Morgan fingerprint density at radius 1 is 1.25 bits per heavy atom. The van der Waals surface area contributed by atoms with Crippen LogP contribution in [0.3, 0.4) is 0 Å². The Kier molecular flexibility index (Phi) is 6.68. The van der Waals surface area contributed by atoms with E-state index in [1.54, 1.807) is 36.5 Å². The average molecular weight is 463 g/mol. The summed E-state index contributed by atoms with van der Waals surface area (Å²) in [5.41, 5.74) is 0. The number of carbonyl (C=O) groups is 1. The first-order valence-electron chi connectivity index (χ1n) is 8.71. The SMILES string of the molecule is COC(=O)C(C)(S)CC1(c2cc3c(F)c(OC)c(OC)cc3s2)SCCCS1. The van der Waals surface area contributed by atoms with Gasteiger partial charge in [-0.1, -0.05) is 0 Å². The lowest BCUT2D eigenvalue weighted by Gasteiger charge is -2.39. The highest BCUT2D eigenvalue weighted by Crippen LogP contribution is 2.58. The molecular formula is C19H23FO4S4. The Labute approximate surface area is 182 Å². The summed E-state index contributed by atoms with van der Waals surface area (Å²) >= 11 is 9.72.